The lowest BCUT2D eigenvalue weighted by atomic mass is 10.2. The summed E-state index contributed by atoms with van der Waals surface area (Å²) in [6.07, 6.45) is -0.352. The Bertz CT molecular complexity index is 499. The van der Waals surface area contributed by atoms with Crippen LogP contribution < -0.4 is 5.56 Å². The molecule has 0 aromatic carbocycles. The zero-order chi connectivity index (χ0) is 13.1. The second kappa shape index (κ2) is 5.28. The van der Waals surface area contributed by atoms with E-state index >= 15 is 0 Å². The van der Waals surface area contributed by atoms with Crippen LogP contribution in [0.25, 0.3) is 0 Å². The van der Waals surface area contributed by atoms with Crippen LogP contribution in [0.3, 0.4) is 0 Å². The molecule has 1 saturated heterocycles. The minimum atomic E-state index is -0.352. The number of hydrogen-bond acceptors (Lipinski definition) is 5. The van der Waals surface area contributed by atoms with E-state index in [1.165, 1.54) is 19.2 Å². The number of carbonyl (C=O) groups excluding carboxylic acids is 1. The maximum atomic E-state index is 12.1. The number of rotatable bonds is 2. The average Bonchev–Trinajstić information content (AvgIpc) is 2.41. The van der Waals surface area contributed by atoms with Gasteiger partial charge in [-0.05, 0) is 6.07 Å². The van der Waals surface area contributed by atoms with Crippen LogP contribution in [0.15, 0.2) is 16.9 Å². The van der Waals surface area contributed by atoms with Crippen LogP contribution in [-0.4, -0.2) is 58.1 Å². The lowest BCUT2D eigenvalue weighted by Gasteiger charge is -2.31. The summed E-state index contributed by atoms with van der Waals surface area (Å²) in [5.74, 6) is -0.257. The van der Waals surface area contributed by atoms with Crippen molar-refractivity contribution in [2.24, 2.45) is 7.05 Å². The molecule has 7 heteroatoms. The Balaban J connectivity index is 2.15. The molecule has 1 atom stereocenters. The number of aliphatic hydroxyl groups is 1. The third kappa shape index (κ3) is 2.57. The second-order valence-corrected chi connectivity index (χ2v) is 4.11. The summed E-state index contributed by atoms with van der Waals surface area (Å²) in [5.41, 5.74) is -0.0440. The number of hydrogen-bond donors (Lipinski definition) is 1. The van der Waals surface area contributed by atoms with Gasteiger partial charge in [0.1, 0.15) is 5.69 Å². The highest BCUT2D eigenvalue weighted by atomic mass is 16.5. The first kappa shape index (κ1) is 12.7. The Hall–Kier alpha value is -1.73. The van der Waals surface area contributed by atoms with Crippen molar-refractivity contribution in [1.82, 2.24) is 14.7 Å². The summed E-state index contributed by atoms with van der Waals surface area (Å²) >= 11 is 0. The predicted molar refractivity (Wildman–Crippen MR) is 62.2 cm³/mol. The van der Waals surface area contributed by atoms with Gasteiger partial charge in [0.05, 0.1) is 19.3 Å². The fraction of sp³-hybridized carbons (Fsp3) is 0.545. The van der Waals surface area contributed by atoms with Gasteiger partial charge in [-0.3, -0.25) is 9.59 Å². The number of aliphatic hydroxyl groups excluding tert-OH is 1. The molecule has 0 saturated carbocycles. The first-order chi connectivity index (χ1) is 8.61. The smallest absolute Gasteiger partial charge is 0.274 e. The molecule has 1 unspecified atom stereocenters. The molecule has 1 N–H and O–H groups in total. The minimum absolute atomic E-state index is 0.121. The van der Waals surface area contributed by atoms with Crippen LogP contribution in [0.4, 0.5) is 0 Å². The summed E-state index contributed by atoms with van der Waals surface area (Å²) in [6, 6.07) is 2.72. The van der Waals surface area contributed by atoms with Gasteiger partial charge in [-0.2, -0.15) is 5.10 Å². The van der Waals surface area contributed by atoms with Crippen LogP contribution in [-0.2, 0) is 11.8 Å². The lowest BCUT2D eigenvalue weighted by molar-refractivity contribution is -0.0449. The standard InChI is InChI=1S/C11H15N3O4/c1-13-10(16)3-2-9(12-13)11(17)14-4-5-18-8(6-14)7-15/h2-3,8,15H,4-7H2,1H3. The van der Waals surface area contributed by atoms with Crippen LogP contribution in [0, 0.1) is 0 Å². The fourth-order valence-corrected chi connectivity index (χ4v) is 1.79. The van der Waals surface area contributed by atoms with Crippen molar-refractivity contribution in [3.63, 3.8) is 0 Å². The zero-order valence-corrected chi connectivity index (χ0v) is 10.1. The molecule has 1 aromatic heterocycles. The third-order valence-electron chi connectivity index (χ3n) is 2.81. The summed E-state index contributed by atoms with van der Waals surface area (Å²) in [5, 5.41) is 12.9. The van der Waals surface area contributed by atoms with Gasteiger partial charge in [0.2, 0.25) is 0 Å². The molecular formula is C11H15N3O4. The van der Waals surface area contributed by atoms with Gasteiger partial charge < -0.3 is 14.7 Å². The van der Waals surface area contributed by atoms with Crippen molar-refractivity contribution in [3.8, 4) is 0 Å². The molecule has 0 aliphatic carbocycles. The van der Waals surface area contributed by atoms with E-state index in [0.29, 0.717) is 19.7 Å². The zero-order valence-electron chi connectivity index (χ0n) is 10.1. The van der Waals surface area contributed by atoms with E-state index < -0.39 is 0 Å². The number of morpholine rings is 1. The van der Waals surface area contributed by atoms with E-state index in [1.54, 1.807) is 4.90 Å². The SMILES string of the molecule is Cn1nc(C(=O)N2CCOC(CO)C2)ccc1=O. The van der Waals surface area contributed by atoms with Crippen LogP contribution in [0.1, 0.15) is 10.5 Å². The van der Waals surface area contributed by atoms with Crippen molar-refractivity contribution >= 4 is 5.91 Å². The van der Waals surface area contributed by atoms with E-state index in [0.717, 1.165) is 4.68 Å². The Morgan fingerprint density at radius 1 is 1.61 bits per heavy atom. The van der Waals surface area contributed by atoms with Gasteiger partial charge >= 0.3 is 0 Å². The summed E-state index contributed by atoms with van der Waals surface area (Å²) in [7, 11) is 1.49. The maximum absolute atomic E-state index is 12.1. The third-order valence-corrected chi connectivity index (χ3v) is 2.81. The van der Waals surface area contributed by atoms with Gasteiger partial charge in [0.15, 0.2) is 0 Å². The number of carbonyl (C=O) groups is 1. The van der Waals surface area contributed by atoms with E-state index in [-0.39, 0.29) is 29.9 Å². The Kier molecular flexibility index (Phi) is 3.73. The van der Waals surface area contributed by atoms with E-state index in [4.69, 9.17) is 9.84 Å². The predicted octanol–water partition coefficient (Wildman–Crippen LogP) is -1.39. The molecule has 1 aliphatic rings. The number of aryl methyl sites for hydroxylation is 1. The molecule has 7 nitrogen and oxygen atoms in total. The Labute approximate surface area is 104 Å². The molecule has 1 aliphatic heterocycles. The average molecular weight is 253 g/mol. The van der Waals surface area contributed by atoms with Crippen LogP contribution in [0.5, 0.6) is 0 Å². The lowest BCUT2D eigenvalue weighted by Crippen LogP contribution is -2.47. The highest BCUT2D eigenvalue weighted by molar-refractivity contribution is 5.92. The number of aromatic nitrogens is 2. The van der Waals surface area contributed by atoms with Crippen molar-refractivity contribution in [1.29, 1.82) is 0 Å². The minimum Gasteiger partial charge on any atom is -0.394 e. The molecule has 18 heavy (non-hydrogen) atoms. The maximum Gasteiger partial charge on any atom is 0.274 e. The summed E-state index contributed by atoms with van der Waals surface area (Å²) in [4.78, 5) is 24.9. The molecule has 0 spiro atoms. The van der Waals surface area contributed by atoms with Crippen LogP contribution in [0.2, 0.25) is 0 Å². The highest BCUT2D eigenvalue weighted by Gasteiger charge is 2.25. The molecule has 2 rings (SSSR count). The molecule has 1 aromatic rings. The first-order valence-corrected chi connectivity index (χ1v) is 5.68. The van der Waals surface area contributed by atoms with Gasteiger partial charge in [0, 0.05) is 26.2 Å². The fourth-order valence-electron chi connectivity index (χ4n) is 1.79. The molecule has 98 valence electrons. The molecule has 2 heterocycles. The molecule has 0 bridgehead atoms. The summed E-state index contributed by atoms with van der Waals surface area (Å²) in [6.45, 7) is 1.06. The van der Waals surface area contributed by atoms with Crippen molar-refractivity contribution in [2.75, 3.05) is 26.3 Å². The number of ether oxygens (including phenoxy) is 1. The molecule has 0 radical (unpaired) electrons. The van der Waals surface area contributed by atoms with E-state index in [9.17, 15) is 9.59 Å². The summed E-state index contributed by atoms with van der Waals surface area (Å²) < 4.78 is 6.39. The van der Waals surface area contributed by atoms with Crippen molar-refractivity contribution < 1.29 is 14.6 Å². The van der Waals surface area contributed by atoms with Crippen molar-refractivity contribution in [2.45, 2.75) is 6.10 Å². The quantitative estimate of drug-likeness (QED) is 0.701. The molecule has 1 amide bonds. The largest absolute Gasteiger partial charge is 0.394 e. The van der Waals surface area contributed by atoms with Gasteiger partial charge in [-0.1, -0.05) is 0 Å². The van der Waals surface area contributed by atoms with Crippen molar-refractivity contribution in [3.05, 3.63) is 28.2 Å². The number of amides is 1. The van der Waals surface area contributed by atoms with E-state index in [1.807, 2.05) is 0 Å². The monoisotopic (exact) mass is 253 g/mol. The van der Waals surface area contributed by atoms with Gasteiger partial charge in [-0.25, -0.2) is 4.68 Å². The Morgan fingerprint density at radius 3 is 3.06 bits per heavy atom. The normalized spacial score (nSPS) is 19.9. The van der Waals surface area contributed by atoms with E-state index in [2.05, 4.69) is 5.10 Å². The van der Waals surface area contributed by atoms with Crippen LogP contribution >= 0.6 is 0 Å². The first-order valence-electron chi connectivity index (χ1n) is 5.68. The molecule has 1 fully saturated rings. The number of nitrogens with zero attached hydrogens (tertiary/aromatic N) is 3. The highest BCUT2D eigenvalue weighted by Crippen LogP contribution is 2.08. The molecular weight excluding hydrogens is 238 g/mol. The topological polar surface area (TPSA) is 84.7 Å². The van der Waals surface area contributed by atoms with Gasteiger partial charge in [-0.15, -0.1) is 0 Å². The Morgan fingerprint density at radius 2 is 2.39 bits per heavy atom. The second-order valence-electron chi connectivity index (χ2n) is 4.11. The van der Waals surface area contributed by atoms with Gasteiger partial charge in [0.25, 0.3) is 11.5 Å².